The highest BCUT2D eigenvalue weighted by atomic mass is 19.1. The Balaban J connectivity index is 2.91. The number of aliphatic hydroxyl groups excluding tert-OH is 1. The first kappa shape index (κ1) is 12.9. The SMILES string of the molecule is Cc1cc(OCCCO)c([C@H](C)N)cc1F. The van der Waals surface area contributed by atoms with Crippen LogP contribution in [0.25, 0.3) is 0 Å². The molecule has 0 heterocycles. The molecule has 0 fully saturated rings. The number of hydrogen-bond donors (Lipinski definition) is 2. The van der Waals surface area contributed by atoms with Crippen molar-refractivity contribution in [1.29, 1.82) is 0 Å². The summed E-state index contributed by atoms with van der Waals surface area (Å²) in [6, 6.07) is 2.78. The third kappa shape index (κ3) is 3.18. The number of hydrogen-bond acceptors (Lipinski definition) is 3. The molecule has 0 amide bonds. The summed E-state index contributed by atoms with van der Waals surface area (Å²) < 4.78 is 18.8. The van der Waals surface area contributed by atoms with Gasteiger partial charge >= 0.3 is 0 Å². The average molecular weight is 227 g/mol. The van der Waals surface area contributed by atoms with Gasteiger partial charge in [-0.3, -0.25) is 0 Å². The normalized spacial score (nSPS) is 12.6. The lowest BCUT2D eigenvalue weighted by Crippen LogP contribution is -2.10. The summed E-state index contributed by atoms with van der Waals surface area (Å²) in [5.74, 6) is 0.323. The van der Waals surface area contributed by atoms with E-state index in [-0.39, 0.29) is 18.5 Å². The van der Waals surface area contributed by atoms with Gasteiger partial charge in [0.2, 0.25) is 0 Å². The molecule has 0 aromatic heterocycles. The number of aliphatic hydroxyl groups is 1. The summed E-state index contributed by atoms with van der Waals surface area (Å²) in [6.07, 6.45) is 0.550. The van der Waals surface area contributed by atoms with Crippen molar-refractivity contribution in [1.82, 2.24) is 0 Å². The monoisotopic (exact) mass is 227 g/mol. The zero-order chi connectivity index (χ0) is 12.1. The van der Waals surface area contributed by atoms with E-state index in [4.69, 9.17) is 15.6 Å². The zero-order valence-corrected chi connectivity index (χ0v) is 9.66. The lowest BCUT2D eigenvalue weighted by atomic mass is 10.1. The van der Waals surface area contributed by atoms with Gasteiger partial charge in [0.25, 0.3) is 0 Å². The van der Waals surface area contributed by atoms with Crippen molar-refractivity contribution in [2.45, 2.75) is 26.3 Å². The first-order valence-corrected chi connectivity index (χ1v) is 5.35. The molecule has 1 aromatic carbocycles. The molecule has 0 radical (unpaired) electrons. The molecule has 1 aromatic rings. The molecule has 0 saturated heterocycles. The third-order valence-electron chi connectivity index (χ3n) is 2.34. The maximum atomic E-state index is 13.4. The lowest BCUT2D eigenvalue weighted by Gasteiger charge is -2.15. The highest BCUT2D eigenvalue weighted by Crippen LogP contribution is 2.27. The van der Waals surface area contributed by atoms with Crippen LogP contribution in [-0.2, 0) is 0 Å². The molecule has 0 aliphatic rings. The van der Waals surface area contributed by atoms with E-state index in [1.165, 1.54) is 6.07 Å². The molecule has 1 rings (SSSR count). The van der Waals surface area contributed by atoms with E-state index < -0.39 is 0 Å². The molecule has 0 aliphatic carbocycles. The quantitative estimate of drug-likeness (QED) is 0.755. The smallest absolute Gasteiger partial charge is 0.126 e. The number of benzene rings is 1. The summed E-state index contributed by atoms with van der Waals surface area (Å²) in [7, 11) is 0. The molecule has 16 heavy (non-hydrogen) atoms. The molecular formula is C12H18FNO2. The van der Waals surface area contributed by atoms with Crippen molar-refractivity contribution in [3.05, 3.63) is 29.1 Å². The van der Waals surface area contributed by atoms with Crippen LogP contribution in [0.1, 0.15) is 30.5 Å². The van der Waals surface area contributed by atoms with Crippen LogP contribution in [0.15, 0.2) is 12.1 Å². The Labute approximate surface area is 95.0 Å². The van der Waals surface area contributed by atoms with Crippen LogP contribution < -0.4 is 10.5 Å². The molecule has 0 aliphatic heterocycles. The van der Waals surface area contributed by atoms with Gasteiger partial charge in [-0.15, -0.1) is 0 Å². The molecule has 0 saturated carbocycles. The van der Waals surface area contributed by atoms with Gasteiger partial charge in [0, 0.05) is 24.6 Å². The molecular weight excluding hydrogens is 209 g/mol. The maximum Gasteiger partial charge on any atom is 0.126 e. The van der Waals surface area contributed by atoms with E-state index >= 15 is 0 Å². The number of rotatable bonds is 5. The summed E-state index contributed by atoms with van der Waals surface area (Å²) >= 11 is 0. The highest BCUT2D eigenvalue weighted by molar-refractivity contribution is 5.39. The van der Waals surface area contributed by atoms with Crippen molar-refractivity contribution in [2.24, 2.45) is 5.73 Å². The van der Waals surface area contributed by atoms with Crippen LogP contribution in [-0.4, -0.2) is 18.3 Å². The second-order valence-electron chi connectivity index (χ2n) is 3.85. The van der Waals surface area contributed by atoms with E-state index in [0.717, 1.165) is 0 Å². The molecule has 1 atom stereocenters. The second-order valence-corrected chi connectivity index (χ2v) is 3.85. The first-order chi connectivity index (χ1) is 7.56. The fraction of sp³-hybridized carbons (Fsp3) is 0.500. The fourth-order valence-electron chi connectivity index (χ4n) is 1.40. The predicted molar refractivity (Wildman–Crippen MR) is 60.9 cm³/mol. The van der Waals surface area contributed by atoms with Crippen LogP contribution in [0.5, 0.6) is 5.75 Å². The topological polar surface area (TPSA) is 55.5 Å². The molecule has 3 N–H and O–H groups in total. The van der Waals surface area contributed by atoms with E-state index in [9.17, 15) is 4.39 Å². The number of halogens is 1. The zero-order valence-electron chi connectivity index (χ0n) is 9.66. The Hall–Kier alpha value is -1.13. The molecule has 4 heteroatoms. The fourth-order valence-corrected chi connectivity index (χ4v) is 1.40. The minimum absolute atomic E-state index is 0.0771. The van der Waals surface area contributed by atoms with Gasteiger partial charge in [0.1, 0.15) is 11.6 Å². The van der Waals surface area contributed by atoms with Crippen LogP contribution >= 0.6 is 0 Å². The highest BCUT2D eigenvalue weighted by Gasteiger charge is 2.11. The largest absolute Gasteiger partial charge is 0.493 e. The Bertz CT molecular complexity index is 353. The van der Waals surface area contributed by atoms with Crippen LogP contribution in [0.4, 0.5) is 4.39 Å². The number of ether oxygens (including phenoxy) is 1. The van der Waals surface area contributed by atoms with Crippen LogP contribution in [0.3, 0.4) is 0 Å². The molecule has 90 valence electrons. The van der Waals surface area contributed by atoms with E-state index in [0.29, 0.717) is 29.9 Å². The lowest BCUT2D eigenvalue weighted by molar-refractivity contribution is 0.232. The minimum atomic E-state index is -0.278. The summed E-state index contributed by atoms with van der Waals surface area (Å²) in [6.45, 7) is 3.94. The van der Waals surface area contributed by atoms with Gasteiger partial charge in [-0.1, -0.05) is 0 Å². The average Bonchev–Trinajstić information content (AvgIpc) is 2.23. The Morgan fingerprint density at radius 1 is 1.50 bits per heavy atom. The van der Waals surface area contributed by atoms with Gasteiger partial charge < -0.3 is 15.6 Å². The Morgan fingerprint density at radius 2 is 2.19 bits per heavy atom. The predicted octanol–water partition coefficient (Wildman–Crippen LogP) is 1.92. The summed E-state index contributed by atoms with van der Waals surface area (Å²) in [5.41, 5.74) is 6.93. The van der Waals surface area contributed by atoms with E-state index in [1.807, 2.05) is 0 Å². The van der Waals surface area contributed by atoms with Crippen molar-refractivity contribution >= 4 is 0 Å². The van der Waals surface area contributed by atoms with Crippen LogP contribution in [0, 0.1) is 12.7 Å². The Kier molecular flexibility index (Phi) is 4.71. The van der Waals surface area contributed by atoms with Gasteiger partial charge in [-0.2, -0.15) is 0 Å². The minimum Gasteiger partial charge on any atom is -0.493 e. The van der Waals surface area contributed by atoms with E-state index in [2.05, 4.69) is 0 Å². The van der Waals surface area contributed by atoms with Gasteiger partial charge in [0.15, 0.2) is 0 Å². The molecule has 0 spiro atoms. The summed E-state index contributed by atoms with van der Waals surface area (Å²) in [4.78, 5) is 0. The van der Waals surface area contributed by atoms with Crippen LogP contribution in [0.2, 0.25) is 0 Å². The van der Waals surface area contributed by atoms with Crippen molar-refractivity contribution in [3.8, 4) is 5.75 Å². The number of nitrogens with two attached hydrogens (primary N) is 1. The first-order valence-electron chi connectivity index (χ1n) is 5.35. The molecule has 3 nitrogen and oxygen atoms in total. The van der Waals surface area contributed by atoms with Crippen molar-refractivity contribution < 1.29 is 14.2 Å². The standard InChI is InChI=1S/C12H18FNO2/c1-8-6-12(16-5-3-4-15)10(9(2)14)7-11(8)13/h6-7,9,15H,3-5,14H2,1-2H3/t9-/m0/s1. The van der Waals surface area contributed by atoms with Crippen molar-refractivity contribution in [2.75, 3.05) is 13.2 Å². The van der Waals surface area contributed by atoms with E-state index in [1.54, 1.807) is 19.9 Å². The Morgan fingerprint density at radius 3 is 2.75 bits per heavy atom. The van der Waals surface area contributed by atoms with Gasteiger partial charge in [-0.05, 0) is 31.5 Å². The molecule has 0 bridgehead atoms. The second kappa shape index (κ2) is 5.82. The number of aryl methyl sites for hydroxylation is 1. The molecule has 0 unspecified atom stereocenters. The maximum absolute atomic E-state index is 13.4. The van der Waals surface area contributed by atoms with Gasteiger partial charge in [-0.25, -0.2) is 4.39 Å². The summed E-state index contributed by atoms with van der Waals surface area (Å²) in [5, 5.41) is 8.66. The van der Waals surface area contributed by atoms with Crippen molar-refractivity contribution in [3.63, 3.8) is 0 Å². The van der Waals surface area contributed by atoms with Gasteiger partial charge in [0.05, 0.1) is 6.61 Å². The third-order valence-corrected chi connectivity index (χ3v) is 2.34.